The van der Waals surface area contributed by atoms with Gasteiger partial charge in [-0.05, 0) is 75.5 Å². The lowest BCUT2D eigenvalue weighted by atomic mass is 9.97. The number of fused-ring (bicyclic) bond motifs is 7. The molecule has 0 radical (unpaired) electrons. The van der Waals surface area contributed by atoms with Crippen LogP contribution in [0.3, 0.4) is 0 Å². The lowest BCUT2D eigenvalue weighted by molar-refractivity contribution is 0.952. The van der Waals surface area contributed by atoms with Crippen LogP contribution >= 0.6 is 0 Å². The topological polar surface area (TPSA) is 48.5 Å². The normalized spacial score (nSPS) is 11.7. The molecule has 0 fully saturated rings. The summed E-state index contributed by atoms with van der Waals surface area (Å²) in [5, 5.41) is 7.08. The highest BCUT2D eigenvalue weighted by Gasteiger charge is 2.22. The second-order valence-corrected chi connectivity index (χ2v) is 15.2. The van der Waals surface area contributed by atoms with Gasteiger partial charge in [-0.25, -0.2) is 4.98 Å². The zero-order chi connectivity index (χ0) is 39.6. The van der Waals surface area contributed by atoms with Gasteiger partial charge in [-0.1, -0.05) is 170 Å². The van der Waals surface area contributed by atoms with E-state index in [1.165, 1.54) is 21.5 Å². The van der Waals surface area contributed by atoms with Crippen LogP contribution in [0.4, 0.5) is 0 Å². The van der Waals surface area contributed by atoms with E-state index >= 15 is 0 Å². The first-order valence-electron chi connectivity index (χ1n) is 20.3. The molecular weight excluding hydrogens is 731 g/mol. The molecule has 0 aliphatic heterocycles. The Morgan fingerprint density at radius 3 is 1.58 bits per heavy atom. The van der Waals surface area contributed by atoms with E-state index in [4.69, 9.17) is 15.0 Å². The van der Waals surface area contributed by atoms with E-state index in [9.17, 15) is 0 Å². The van der Waals surface area contributed by atoms with E-state index in [1.54, 1.807) is 0 Å². The molecule has 0 aliphatic carbocycles. The Labute approximate surface area is 346 Å². The minimum absolute atomic E-state index is 0.555. The second kappa shape index (κ2) is 13.8. The number of aromatic nitrogens is 5. The third kappa shape index (κ3) is 5.44. The molecule has 60 heavy (non-hydrogen) atoms. The average Bonchev–Trinajstić information content (AvgIpc) is 3.84. The fourth-order valence-electron chi connectivity index (χ4n) is 9.05. The maximum atomic E-state index is 5.45. The SMILES string of the molecule is c1ccc(-c2ccc3c4ccccc4n(-c4nc(-c5cccc(-c6cccc7ccccc67)c5)nc(-c5ccccc5-n5c6ccccc6c6ccccc65)n4)c3c2)cc1. The van der Waals surface area contributed by atoms with Crippen molar-refractivity contribution in [1.29, 1.82) is 0 Å². The molecular formula is C55H35N5. The van der Waals surface area contributed by atoms with Gasteiger partial charge in [-0.2, -0.15) is 9.97 Å². The van der Waals surface area contributed by atoms with E-state index in [0.29, 0.717) is 17.6 Å². The summed E-state index contributed by atoms with van der Waals surface area (Å²) in [6.45, 7) is 0. The van der Waals surface area contributed by atoms with Crippen LogP contribution in [0.1, 0.15) is 0 Å². The lowest BCUT2D eigenvalue weighted by Crippen LogP contribution is -2.08. The van der Waals surface area contributed by atoms with E-state index in [1.807, 2.05) is 0 Å². The van der Waals surface area contributed by atoms with Crippen LogP contribution < -0.4 is 0 Å². The van der Waals surface area contributed by atoms with E-state index in [2.05, 4.69) is 221 Å². The molecule has 12 aromatic rings. The minimum Gasteiger partial charge on any atom is -0.309 e. The van der Waals surface area contributed by atoms with Gasteiger partial charge in [-0.3, -0.25) is 4.57 Å². The minimum atomic E-state index is 0.555. The first kappa shape index (κ1) is 33.9. The number of nitrogens with zero attached hydrogens (tertiary/aromatic N) is 5. The quantitative estimate of drug-likeness (QED) is 0.169. The number of hydrogen-bond acceptors (Lipinski definition) is 3. The van der Waals surface area contributed by atoms with Gasteiger partial charge in [0.25, 0.3) is 0 Å². The summed E-state index contributed by atoms with van der Waals surface area (Å²) in [7, 11) is 0. The first-order valence-corrected chi connectivity index (χ1v) is 20.3. The summed E-state index contributed by atoms with van der Waals surface area (Å²) in [6.07, 6.45) is 0. The maximum absolute atomic E-state index is 5.45. The molecule has 9 aromatic carbocycles. The molecule has 0 unspecified atom stereocenters. The van der Waals surface area contributed by atoms with Gasteiger partial charge in [0, 0.05) is 32.7 Å². The first-order chi connectivity index (χ1) is 29.8. The fourth-order valence-corrected chi connectivity index (χ4v) is 9.05. The summed E-state index contributed by atoms with van der Waals surface area (Å²) in [6, 6.07) is 75.1. The highest BCUT2D eigenvalue weighted by molar-refractivity contribution is 6.11. The van der Waals surface area contributed by atoms with Crippen LogP contribution in [0, 0.1) is 0 Å². The van der Waals surface area contributed by atoms with Crippen molar-refractivity contribution in [2.24, 2.45) is 0 Å². The van der Waals surface area contributed by atoms with Gasteiger partial charge < -0.3 is 4.57 Å². The van der Waals surface area contributed by atoms with Crippen molar-refractivity contribution in [2.45, 2.75) is 0 Å². The molecule has 0 atom stereocenters. The van der Waals surface area contributed by atoms with Crippen molar-refractivity contribution in [3.63, 3.8) is 0 Å². The van der Waals surface area contributed by atoms with Crippen LogP contribution in [0.25, 0.3) is 111 Å². The van der Waals surface area contributed by atoms with Gasteiger partial charge in [-0.15, -0.1) is 0 Å². The third-order valence-electron chi connectivity index (χ3n) is 11.8. The summed E-state index contributed by atoms with van der Waals surface area (Å²) < 4.78 is 4.56. The maximum Gasteiger partial charge on any atom is 0.238 e. The van der Waals surface area contributed by atoms with Crippen molar-refractivity contribution in [1.82, 2.24) is 24.1 Å². The average molecular weight is 766 g/mol. The second-order valence-electron chi connectivity index (χ2n) is 15.2. The van der Waals surface area contributed by atoms with Gasteiger partial charge in [0.15, 0.2) is 11.6 Å². The summed E-state index contributed by atoms with van der Waals surface area (Å²) in [5.74, 6) is 1.74. The van der Waals surface area contributed by atoms with Crippen LogP contribution in [0.5, 0.6) is 0 Å². The van der Waals surface area contributed by atoms with Crippen LogP contribution in [0.15, 0.2) is 212 Å². The van der Waals surface area contributed by atoms with Crippen LogP contribution in [0.2, 0.25) is 0 Å². The molecule has 3 aromatic heterocycles. The van der Waals surface area contributed by atoms with Gasteiger partial charge in [0.2, 0.25) is 5.95 Å². The van der Waals surface area contributed by atoms with E-state index in [0.717, 1.165) is 71.9 Å². The molecule has 3 heterocycles. The largest absolute Gasteiger partial charge is 0.309 e. The molecule has 5 nitrogen and oxygen atoms in total. The van der Waals surface area contributed by atoms with Crippen molar-refractivity contribution < 1.29 is 0 Å². The Bertz CT molecular complexity index is 3560. The molecule has 0 spiro atoms. The van der Waals surface area contributed by atoms with Crippen molar-refractivity contribution >= 4 is 54.4 Å². The molecule has 0 N–H and O–H groups in total. The monoisotopic (exact) mass is 765 g/mol. The number of benzene rings is 9. The Morgan fingerprint density at radius 2 is 0.817 bits per heavy atom. The van der Waals surface area contributed by atoms with Gasteiger partial charge in [0.1, 0.15) is 0 Å². The van der Waals surface area contributed by atoms with Gasteiger partial charge in [0.05, 0.1) is 27.8 Å². The molecule has 0 saturated heterocycles. The van der Waals surface area contributed by atoms with Crippen LogP contribution in [-0.2, 0) is 0 Å². The molecule has 280 valence electrons. The Morgan fingerprint density at radius 1 is 0.283 bits per heavy atom. The fraction of sp³-hybridized carbons (Fsp3) is 0. The highest BCUT2D eigenvalue weighted by atomic mass is 15.2. The summed E-state index contributed by atoms with van der Waals surface area (Å²) in [5.41, 5.74) is 11.7. The summed E-state index contributed by atoms with van der Waals surface area (Å²) >= 11 is 0. The highest BCUT2D eigenvalue weighted by Crippen LogP contribution is 2.39. The Balaban J connectivity index is 1.14. The van der Waals surface area contributed by atoms with E-state index < -0.39 is 0 Å². The molecule has 0 saturated carbocycles. The zero-order valence-corrected chi connectivity index (χ0v) is 32.4. The molecule has 5 heteroatoms. The van der Waals surface area contributed by atoms with Gasteiger partial charge >= 0.3 is 0 Å². The Hall–Kier alpha value is -8.15. The molecule has 0 aliphatic rings. The van der Waals surface area contributed by atoms with Crippen molar-refractivity contribution in [2.75, 3.05) is 0 Å². The van der Waals surface area contributed by atoms with Crippen molar-refractivity contribution in [3.05, 3.63) is 212 Å². The van der Waals surface area contributed by atoms with Crippen LogP contribution in [-0.4, -0.2) is 24.1 Å². The van der Waals surface area contributed by atoms with E-state index in [-0.39, 0.29) is 0 Å². The summed E-state index contributed by atoms with van der Waals surface area (Å²) in [4.78, 5) is 16.2. The standard InChI is InChI=1S/C55H35N5/c1-2-16-36(17-3-1)38-32-33-46-45-25-8-12-30-50(45)60(52(46)35-38)55-57-53(40-21-14-20-39(34-40)42-27-15-19-37-18-4-5-22-41(37)42)56-54(58-55)47-26-9-13-31-51(47)59-48-28-10-6-23-43(48)44-24-7-11-29-49(44)59/h1-35H. The predicted octanol–water partition coefficient (Wildman–Crippen LogP) is 13.9. The lowest BCUT2D eigenvalue weighted by Gasteiger charge is -2.15. The molecule has 12 rings (SSSR count). The number of rotatable bonds is 6. The zero-order valence-electron chi connectivity index (χ0n) is 32.4. The molecule has 0 bridgehead atoms. The van der Waals surface area contributed by atoms with Crippen molar-refractivity contribution in [3.8, 4) is 56.7 Å². The predicted molar refractivity (Wildman–Crippen MR) is 248 cm³/mol. The number of para-hydroxylation sites is 4. The number of hydrogen-bond donors (Lipinski definition) is 0. The third-order valence-corrected chi connectivity index (χ3v) is 11.8. The molecule has 0 amide bonds. The Kier molecular flexibility index (Phi) is 7.78. The smallest absolute Gasteiger partial charge is 0.238 e.